The highest BCUT2D eigenvalue weighted by Gasteiger charge is 2.10. The predicted molar refractivity (Wildman–Crippen MR) is 95.0 cm³/mol. The largest absolute Gasteiger partial charge is 0.503 e. The molecule has 2 aromatic carbocycles. The number of aromatic hydroxyl groups is 1. The van der Waals surface area contributed by atoms with Crippen molar-refractivity contribution in [3.8, 4) is 23.0 Å². The molecule has 8 heteroatoms. The maximum Gasteiger partial charge on any atom is 0.179 e. The molecule has 0 atom stereocenters. The molecule has 0 radical (unpaired) electrons. The Morgan fingerprint density at radius 2 is 1.28 bits per heavy atom. The van der Waals surface area contributed by atoms with E-state index in [9.17, 15) is 14.7 Å². The summed E-state index contributed by atoms with van der Waals surface area (Å²) in [5.74, 6) is 0.946. The summed E-state index contributed by atoms with van der Waals surface area (Å²) >= 11 is 11.4. The van der Waals surface area contributed by atoms with E-state index in [1.165, 1.54) is 39.5 Å². The van der Waals surface area contributed by atoms with E-state index in [-0.39, 0.29) is 16.5 Å². The van der Waals surface area contributed by atoms with E-state index < -0.39 is 0 Å². The molecule has 25 heavy (non-hydrogen) atoms. The number of benzene rings is 2. The minimum atomic E-state index is -0.148. The molecular formula is C17H16Cl2O6. The van der Waals surface area contributed by atoms with Gasteiger partial charge in [0.1, 0.15) is 12.6 Å². The molecule has 134 valence electrons. The van der Waals surface area contributed by atoms with E-state index in [2.05, 4.69) is 0 Å². The van der Waals surface area contributed by atoms with Crippen LogP contribution in [-0.4, -0.2) is 39.0 Å². The maximum atomic E-state index is 10.5. The molecule has 0 aliphatic rings. The van der Waals surface area contributed by atoms with E-state index in [1.54, 1.807) is 6.07 Å². The third-order valence-corrected chi connectivity index (χ3v) is 3.57. The zero-order chi connectivity index (χ0) is 19.0. The van der Waals surface area contributed by atoms with Crippen molar-refractivity contribution in [1.29, 1.82) is 0 Å². The highest BCUT2D eigenvalue weighted by atomic mass is 35.5. The van der Waals surface area contributed by atoms with Gasteiger partial charge in [-0.3, -0.25) is 9.59 Å². The number of halogens is 2. The highest BCUT2D eigenvalue weighted by Crippen LogP contribution is 2.35. The predicted octanol–water partition coefficient (Wildman–Crippen LogP) is 4.04. The van der Waals surface area contributed by atoms with Gasteiger partial charge in [-0.25, -0.2) is 0 Å². The van der Waals surface area contributed by atoms with Crippen molar-refractivity contribution in [3.05, 3.63) is 45.4 Å². The maximum absolute atomic E-state index is 10.5. The van der Waals surface area contributed by atoms with Gasteiger partial charge in [-0.15, -0.1) is 0 Å². The van der Waals surface area contributed by atoms with E-state index in [0.717, 1.165) is 0 Å². The Morgan fingerprint density at radius 3 is 1.72 bits per heavy atom. The first kappa shape index (κ1) is 20.6. The number of rotatable bonds is 5. The van der Waals surface area contributed by atoms with Crippen LogP contribution in [0.1, 0.15) is 20.7 Å². The molecule has 1 N–H and O–H groups in total. The second-order valence-corrected chi connectivity index (χ2v) is 5.34. The first-order valence-electron chi connectivity index (χ1n) is 6.80. The van der Waals surface area contributed by atoms with Gasteiger partial charge in [-0.2, -0.15) is 0 Å². The lowest BCUT2D eigenvalue weighted by Crippen LogP contribution is -1.93. The summed E-state index contributed by atoms with van der Waals surface area (Å²) in [7, 11) is 4.37. The van der Waals surface area contributed by atoms with Gasteiger partial charge in [0.25, 0.3) is 0 Å². The molecule has 0 aliphatic carbocycles. The van der Waals surface area contributed by atoms with Gasteiger partial charge in [-0.1, -0.05) is 23.2 Å². The number of carbonyl (C=O) groups is 2. The van der Waals surface area contributed by atoms with E-state index in [0.29, 0.717) is 40.2 Å². The second kappa shape index (κ2) is 9.76. The zero-order valence-electron chi connectivity index (χ0n) is 13.7. The fraction of sp³-hybridized carbons (Fsp3) is 0.176. The monoisotopic (exact) mass is 386 g/mol. The third kappa shape index (κ3) is 5.27. The topological polar surface area (TPSA) is 82.1 Å². The second-order valence-electron chi connectivity index (χ2n) is 4.53. The summed E-state index contributed by atoms with van der Waals surface area (Å²) in [5, 5.41) is 9.72. The Morgan fingerprint density at radius 1 is 0.800 bits per heavy atom. The normalized spacial score (nSPS) is 9.48. The summed E-state index contributed by atoms with van der Waals surface area (Å²) in [4.78, 5) is 20.8. The minimum absolute atomic E-state index is 0.108. The molecule has 0 unspecified atom stereocenters. The molecule has 2 rings (SSSR count). The Balaban J connectivity index is 0.000000251. The Labute approximate surface area is 154 Å². The molecule has 0 bridgehead atoms. The van der Waals surface area contributed by atoms with Gasteiger partial charge in [-0.05, 0) is 24.3 Å². The quantitative estimate of drug-likeness (QED) is 0.780. The number of methoxy groups -OCH3 is 3. The smallest absolute Gasteiger partial charge is 0.179 e. The molecule has 0 saturated carbocycles. The molecular weight excluding hydrogens is 371 g/mol. The Bertz CT molecular complexity index is 761. The van der Waals surface area contributed by atoms with Crippen LogP contribution in [-0.2, 0) is 0 Å². The first-order valence-corrected chi connectivity index (χ1v) is 7.55. The molecule has 0 fully saturated rings. The van der Waals surface area contributed by atoms with E-state index in [1.807, 2.05) is 0 Å². The summed E-state index contributed by atoms with van der Waals surface area (Å²) in [5.41, 5.74) is 0.831. The Kier molecular flexibility index (Phi) is 8.04. The van der Waals surface area contributed by atoms with Crippen LogP contribution in [0.25, 0.3) is 0 Å². The summed E-state index contributed by atoms with van der Waals surface area (Å²) < 4.78 is 14.8. The number of hydrogen-bond donors (Lipinski definition) is 1. The van der Waals surface area contributed by atoms with Crippen molar-refractivity contribution >= 4 is 35.8 Å². The van der Waals surface area contributed by atoms with E-state index >= 15 is 0 Å². The van der Waals surface area contributed by atoms with E-state index in [4.69, 9.17) is 37.4 Å². The lowest BCUT2D eigenvalue weighted by atomic mass is 10.2. The molecule has 0 saturated heterocycles. The number of phenols is 1. The number of phenolic OH excluding ortho intramolecular Hbond substituents is 1. The van der Waals surface area contributed by atoms with Gasteiger partial charge in [0, 0.05) is 11.1 Å². The lowest BCUT2D eigenvalue weighted by molar-refractivity contribution is 0.111. The SMILES string of the molecule is COc1cc(C=O)cc(Cl)c1O.COc1cc(C=O)cc(Cl)c1OC. The number of carbonyl (C=O) groups excluding carboxylic acids is 2. The molecule has 2 aromatic rings. The van der Waals surface area contributed by atoms with Crippen LogP contribution in [0.4, 0.5) is 0 Å². The van der Waals surface area contributed by atoms with Crippen molar-refractivity contribution in [2.45, 2.75) is 0 Å². The van der Waals surface area contributed by atoms with Crippen LogP contribution in [0.15, 0.2) is 24.3 Å². The van der Waals surface area contributed by atoms with Gasteiger partial charge in [0.15, 0.2) is 23.0 Å². The molecule has 0 aliphatic heterocycles. The van der Waals surface area contributed by atoms with Crippen LogP contribution in [0, 0.1) is 0 Å². The number of hydrogen-bond acceptors (Lipinski definition) is 6. The Hall–Kier alpha value is -2.44. The van der Waals surface area contributed by atoms with Gasteiger partial charge in [0.2, 0.25) is 0 Å². The fourth-order valence-corrected chi connectivity index (χ4v) is 2.34. The van der Waals surface area contributed by atoms with Crippen molar-refractivity contribution < 1.29 is 28.9 Å². The molecule has 0 heterocycles. The van der Waals surface area contributed by atoms with Crippen LogP contribution in [0.5, 0.6) is 23.0 Å². The zero-order valence-corrected chi connectivity index (χ0v) is 15.2. The molecule has 0 amide bonds. The van der Waals surface area contributed by atoms with Crippen molar-refractivity contribution in [2.24, 2.45) is 0 Å². The summed E-state index contributed by atoms with van der Waals surface area (Å²) in [6.45, 7) is 0. The summed E-state index contributed by atoms with van der Waals surface area (Å²) in [6.07, 6.45) is 1.34. The van der Waals surface area contributed by atoms with Crippen LogP contribution >= 0.6 is 23.2 Å². The average Bonchev–Trinajstić information content (AvgIpc) is 2.63. The lowest BCUT2D eigenvalue weighted by Gasteiger charge is -2.09. The summed E-state index contributed by atoms with van der Waals surface area (Å²) in [6, 6.07) is 5.87. The third-order valence-electron chi connectivity index (χ3n) is 3.00. The number of aldehydes is 2. The van der Waals surface area contributed by atoms with Crippen LogP contribution in [0.3, 0.4) is 0 Å². The van der Waals surface area contributed by atoms with Gasteiger partial charge in [0.05, 0.1) is 31.4 Å². The standard InChI is InChI=1S/C9H9ClO3.C8H7ClO3/c1-12-8-4-6(5-11)3-7(10)9(8)13-2;1-12-7-3-5(4-10)2-6(9)8(7)11/h3-5H,1-2H3;2-4,11H,1H3. The highest BCUT2D eigenvalue weighted by molar-refractivity contribution is 6.32. The fourth-order valence-electron chi connectivity index (χ4n) is 1.82. The van der Waals surface area contributed by atoms with Crippen molar-refractivity contribution in [3.63, 3.8) is 0 Å². The van der Waals surface area contributed by atoms with Crippen molar-refractivity contribution in [1.82, 2.24) is 0 Å². The molecule has 6 nitrogen and oxygen atoms in total. The molecule has 0 spiro atoms. The van der Waals surface area contributed by atoms with Gasteiger partial charge < -0.3 is 19.3 Å². The van der Waals surface area contributed by atoms with Crippen LogP contribution < -0.4 is 14.2 Å². The minimum Gasteiger partial charge on any atom is -0.503 e. The van der Waals surface area contributed by atoms with Crippen molar-refractivity contribution in [2.75, 3.05) is 21.3 Å². The molecule has 0 aromatic heterocycles. The number of ether oxygens (including phenoxy) is 3. The first-order chi connectivity index (χ1) is 11.9. The van der Waals surface area contributed by atoms with Crippen LogP contribution in [0.2, 0.25) is 10.0 Å². The average molecular weight is 387 g/mol. The van der Waals surface area contributed by atoms with Gasteiger partial charge >= 0.3 is 0 Å².